The molecule has 1 saturated heterocycles. The van der Waals surface area contributed by atoms with E-state index < -0.39 is 39.0 Å². The molecule has 3 aromatic heterocycles. The number of fused-ring (bicyclic) bond motifs is 1. The van der Waals surface area contributed by atoms with E-state index >= 15 is 0 Å². The van der Waals surface area contributed by atoms with Gasteiger partial charge in [0, 0.05) is 12.7 Å². The van der Waals surface area contributed by atoms with Crippen LogP contribution in [0.4, 0.5) is 5.82 Å². The van der Waals surface area contributed by atoms with Crippen LogP contribution in [0.15, 0.2) is 37.1 Å². The Labute approximate surface area is 175 Å². The first-order valence-electron chi connectivity index (χ1n) is 8.96. The van der Waals surface area contributed by atoms with Crippen molar-refractivity contribution in [2.45, 2.75) is 31.1 Å². The van der Waals surface area contributed by atoms with Crippen LogP contribution in [-0.4, -0.2) is 69.4 Å². The Morgan fingerprint density at radius 2 is 1.94 bits per heavy atom. The van der Waals surface area contributed by atoms with E-state index in [1.54, 1.807) is 6.20 Å². The molecule has 4 atom stereocenters. The number of pyridine rings is 1. The highest BCUT2D eigenvalue weighted by Gasteiger charge is 2.45. The molecule has 1 fully saturated rings. The average Bonchev–Trinajstić information content (AvgIpc) is 3.29. The van der Waals surface area contributed by atoms with Crippen LogP contribution >= 0.6 is 7.82 Å². The van der Waals surface area contributed by atoms with Crippen LogP contribution in [0, 0.1) is 0 Å². The van der Waals surface area contributed by atoms with Crippen molar-refractivity contribution in [2.24, 2.45) is 5.73 Å². The zero-order valence-corrected chi connectivity index (χ0v) is 16.9. The molecular formula is C16H22N7O7P. The van der Waals surface area contributed by atoms with Crippen LogP contribution < -0.4 is 11.5 Å². The molecule has 0 saturated carbocycles. The SMILES string of the molecule is NCc1ccccn1.Nc1ncnc2c1ncn2[C@@H]1O[C@H](COP(=O)(O)O)[C@@H](O)[C@H]1O. The third-order valence-electron chi connectivity index (χ3n) is 4.34. The van der Waals surface area contributed by atoms with Crippen LogP contribution in [0.1, 0.15) is 11.9 Å². The van der Waals surface area contributed by atoms with E-state index in [9.17, 15) is 14.8 Å². The van der Waals surface area contributed by atoms with Crippen molar-refractivity contribution in [3.63, 3.8) is 0 Å². The number of aliphatic hydroxyl groups excluding tert-OH is 2. The highest BCUT2D eigenvalue weighted by atomic mass is 31.2. The third kappa shape index (κ3) is 5.58. The largest absolute Gasteiger partial charge is 0.469 e. The molecule has 4 rings (SSSR count). The number of hydrogen-bond donors (Lipinski definition) is 6. The summed E-state index contributed by atoms with van der Waals surface area (Å²) in [6.45, 7) is -0.0659. The number of imidazole rings is 1. The van der Waals surface area contributed by atoms with Gasteiger partial charge in [0.2, 0.25) is 0 Å². The average molecular weight is 455 g/mol. The van der Waals surface area contributed by atoms with Gasteiger partial charge in [-0.2, -0.15) is 0 Å². The molecule has 0 aliphatic carbocycles. The van der Waals surface area contributed by atoms with Gasteiger partial charge >= 0.3 is 7.82 Å². The first-order chi connectivity index (χ1) is 14.7. The maximum atomic E-state index is 10.7. The Morgan fingerprint density at radius 1 is 1.16 bits per heavy atom. The quantitative estimate of drug-likeness (QED) is 0.246. The van der Waals surface area contributed by atoms with Gasteiger partial charge in [0.25, 0.3) is 0 Å². The smallest absolute Gasteiger partial charge is 0.387 e. The lowest BCUT2D eigenvalue weighted by molar-refractivity contribution is -0.0504. The summed E-state index contributed by atoms with van der Waals surface area (Å²) in [6, 6.07) is 5.70. The monoisotopic (exact) mass is 455 g/mol. The molecule has 14 nitrogen and oxygen atoms in total. The van der Waals surface area contributed by atoms with Crippen molar-refractivity contribution < 1.29 is 33.8 Å². The minimum absolute atomic E-state index is 0.142. The van der Waals surface area contributed by atoms with Crippen molar-refractivity contribution >= 4 is 24.8 Å². The van der Waals surface area contributed by atoms with Gasteiger partial charge in [0.1, 0.15) is 30.2 Å². The van der Waals surface area contributed by atoms with Gasteiger partial charge in [-0.25, -0.2) is 19.5 Å². The first-order valence-corrected chi connectivity index (χ1v) is 10.5. The van der Waals surface area contributed by atoms with E-state index in [0.29, 0.717) is 12.1 Å². The minimum Gasteiger partial charge on any atom is -0.387 e. The predicted molar refractivity (Wildman–Crippen MR) is 106 cm³/mol. The maximum absolute atomic E-state index is 10.7. The van der Waals surface area contributed by atoms with Crippen LogP contribution in [0.25, 0.3) is 11.2 Å². The Hall–Kier alpha value is -2.55. The van der Waals surface area contributed by atoms with Gasteiger partial charge in [-0.05, 0) is 12.1 Å². The second-order valence-corrected chi connectivity index (χ2v) is 7.68. The predicted octanol–water partition coefficient (Wildman–Crippen LogP) is -1.32. The van der Waals surface area contributed by atoms with Crippen LogP contribution in [-0.2, 0) is 20.4 Å². The number of aliphatic hydroxyl groups is 2. The van der Waals surface area contributed by atoms with E-state index in [4.69, 9.17) is 26.0 Å². The number of anilines is 1. The summed E-state index contributed by atoms with van der Waals surface area (Å²) in [5.41, 5.74) is 12.5. The number of nitrogen functional groups attached to an aromatic ring is 1. The molecule has 15 heteroatoms. The zero-order valence-electron chi connectivity index (χ0n) is 16.0. The number of hydrogen-bond acceptors (Lipinski definition) is 11. The van der Waals surface area contributed by atoms with Crippen LogP contribution in [0.5, 0.6) is 0 Å². The Bertz CT molecular complexity index is 1050. The molecule has 0 bridgehead atoms. The molecular weight excluding hydrogens is 433 g/mol. The molecule has 0 spiro atoms. The van der Waals surface area contributed by atoms with Gasteiger partial charge in [0.05, 0.1) is 18.6 Å². The molecule has 31 heavy (non-hydrogen) atoms. The number of phosphoric ester groups is 1. The van der Waals surface area contributed by atoms with Crippen molar-refractivity contribution in [3.05, 3.63) is 42.7 Å². The maximum Gasteiger partial charge on any atom is 0.469 e. The topological polar surface area (TPSA) is 225 Å². The second kappa shape index (κ2) is 9.72. The summed E-state index contributed by atoms with van der Waals surface area (Å²) < 4.78 is 21.8. The minimum atomic E-state index is -4.72. The fourth-order valence-corrected chi connectivity index (χ4v) is 3.18. The number of rotatable bonds is 5. The second-order valence-electron chi connectivity index (χ2n) is 6.44. The van der Waals surface area contributed by atoms with Gasteiger partial charge in [-0.1, -0.05) is 6.07 Å². The molecule has 0 radical (unpaired) electrons. The van der Waals surface area contributed by atoms with E-state index in [0.717, 1.165) is 5.69 Å². The summed E-state index contributed by atoms with van der Waals surface area (Å²) in [5.74, 6) is 0.142. The lowest BCUT2D eigenvalue weighted by Gasteiger charge is -2.16. The number of aromatic nitrogens is 5. The van der Waals surface area contributed by atoms with Crippen molar-refractivity contribution in [1.82, 2.24) is 24.5 Å². The lowest BCUT2D eigenvalue weighted by atomic mass is 10.1. The third-order valence-corrected chi connectivity index (χ3v) is 4.83. The normalized spacial score (nSPS) is 23.5. The number of phosphoric acid groups is 1. The number of nitrogens with zero attached hydrogens (tertiary/aromatic N) is 5. The summed E-state index contributed by atoms with van der Waals surface area (Å²) in [5, 5.41) is 20.1. The van der Waals surface area contributed by atoms with E-state index in [1.807, 2.05) is 18.2 Å². The first kappa shape index (κ1) is 23.1. The molecule has 0 aromatic carbocycles. The highest BCUT2D eigenvalue weighted by molar-refractivity contribution is 7.46. The van der Waals surface area contributed by atoms with Crippen LogP contribution in [0.2, 0.25) is 0 Å². The molecule has 3 aromatic rings. The summed E-state index contributed by atoms with van der Waals surface area (Å²) in [6.07, 6.45) is -0.752. The number of ether oxygens (including phenoxy) is 1. The Morgan fingerprint density at radius 3 is 2.55 bits per heavy atom. The molecule has 0 unspecified atom stereocenters. The summed E-state index contributed by atoms with van der Waals surface area (Å²) in [4.78, 5) is 33.2. The van der Waals surface area contributed by atoms with E-state index in [2.05, 4.69) is 24.5 Å². The lowest BCUT2D eigenvalue weighted by Crippen LogP contribution is -2.33. The molecule has 8 N–H and O–H groups in total. The van der Waals surface area contributed by atoms with Gasteiger partial charge < -0.3 is 36.2 Å². The summed E-state index contributed by atoms with van der Waals surface area (Å²) in [7, 11) is -4.72. The summed E-state index contributed by atoms with van der Waals surface area (Å²) >= 11 is 0. The fraction of sp³-hybridized carbons (Fsp3) is 0.375. The van der Waals surface area contributed by atoms with E-state index in [-0.39, 0.29) is 11.5 Å². The molecule has 168 valence electrons. The Balaban J connectivity index is 0.000000287. The molecule has 1 aliphatic rings. The zero-order chi connectivity index (χ0) is 22.6. The molecule has 1 aliphatic heterocycles. The molecule has 0 amide bonds. The number of nitrogens with two attached hydrogens (primary N) is 2. The van der Waals surface area contributed by atoms with Gasteiger partial charge in [-0.3, -0.25) is 14.1 Å². The molecule has 4 heterocycles. The van der Waals surface area contributed by atoms with Gasteiger partial charge in [-0.15, -0.1) is 0 Å². The van der Waals surface area contributed by atoms with E-state index in [1.165, 1.54) is 17.2 Å². The standard InChI is InChI=1S/C10H14N5O7P.C6H8N2/c11-8-5-9(13-2-12-8)15(3-14-5)10-7(17)6(16)4(22-10)1-21-23(18,19)20;7-5-6-3-1-2-4-8-6/h2-4,6-7,10,16-17H,1H2,(H2,11,12,13)(H2,18,19,20);1-4H,5,7H2/t4-,6-,7-,10-;/m1./s1. The van der Waals surface area contributed by atoms with Crippen molar-refractivity contribution in [2.75, 3.05) is 12.3 Å². The highest BCUT2D eigenvalue weighted by Crippen LogP contribution is 2.38. The van der Waals surface area contributed by atoms with Gasteiger partial charge in [0.15, 0.2) is 17.7 Å². The fourth-order valence-electron chi connectivity index (χ4n) is 2.84. The van der Waals surface area contributed by atoms with Crippen molar-refractivity contribution in [3.8, 4) is 0 Å². The van der Waals surface area contributed by atoms with Crippen molar-refractivity contribution in [1.29, 1.82) is 0 Å². The Kier molecular flexibility index (Phi) is 7.25. The van der Waals surface area contributed by atoms with Crippen LogP contribution in [0.3, 0.4) is 0 Å².